The molecule has 1 unspecified atom stereocenters. The number of unbranched alkanes of at least 4 members (excludes halogenated alkanes) is 1. The van der Waals surface area contributed by atoms with Gasteiger partial charge in [-0.2, -0.15) is 0 Å². The van der Waals surface area contributed by atoms with Crippen LogP contribution in [0, 0.1) is 0 Å². The Labute approximate surface area is 138 Å². The van der Waals surface area contributed by atoms with Gasteiger partial charge in [-0.05, 0) is 25.3 Å². The van der Waals surface area contributed by atoms with Crippen molar-refractivity contribution < 1.29 is 9.47 Å². The standard InChI is InChI=1S/C17H28N4O2/c1-3-4-10-23-16-14(7-5-9-19-16)12-20-17(18-2)21-13-15-8-6-11-22-15/h5,7,9,15H,3-4,6,8,10-13H2,1-2H3,(H2,18,20,21). The zero-order valence-electron chi connectivity index (χ0n) is 14.2. The number of aromatic nitrogens is 1. The molecular formula is C17H28N4O2. The fourth-order valence-electron chi connectivity index (χ4n) is 2.42. The first-order chi connectivity index (χ1) is 11.3. The second kappa shape index (κ2) is 10.0. The number of rotatable bonds is 8. The summed E-state index contributed by atoms with van der Waals surface area (Å²) in [6.07, 6.45) is 6.46. The topological polar surface area (TPSA) is 67.8 Å². The molecule has 23 heavy (non-hydrogen) atoms. The summed E-state index contributed by atoms with van der Waals surface area (Å²) >= 11 is 0. The number of hydrogen-bond acceptors (Lipinski definition) is 4. The van der Waals surface area contributed by atoms with E-state index in [9.17, 15) is 0 Å². The number of guanidine groups is 1. The summed E-state index contributed by atoms with van der Waals surface area (Å²) < 4.78 is 11.4. The van der Waals surface area contributed by atoms with Gasteiger partial charge in [-0.25, -0.2) is 4.98 Å². The molecule has 1 aliphatic heterocycles. The highest BCUT2D eigenvalue weighted by atomic mass is 16.5. The lowest BCUT2D eigenvalue weighted by Crippen LogP contribution is -2.40. The van der Waals surface area contributed by atoms with E-state index < -0.39 is 0 Å². The van der Waals surface area contributed by atoms with Crippen molar-refractivity contribution in [2.24, 2.45) is 4.99 Å². The summed E-state index contributed by atoms with van der Waals surface area (Å²) in [7, 11) is 1.77. The molecule has 128 valence electrons. The van der Waals surface area contributed by atoms with Gasteiger partial charge in [-0.3, -0.25) is 4.99 Å². The highest BCUT2D eigenvalue weighted by Gasteiger charge is 2.15. The Kier molecular flexibility index (Phi) is 7.66. The Balaban J connectivity index is 1.80. The molecule has 0 radical (unpaired) electrons. The molecule has 1 atom stereocenters. The third kappa shape index (κ3) is 6.06. The minimum atomic E-state index is 0.292. The molecule has 2 N–H and O–H groups in total. The van der Waals surface area contributed by atoms with E-state index in [-0.39, 0.29) is 0 Å². The van der Waals surface area contributed by atoms with Gasteiger partial charge in [-0.1, -0.05) is 19.4 Å². The van der Waals surface area contributed by atoms with E-state index in [0.717, 1.165) is 50.4 Å². The van der Waals surface area contributed by atoms with Crippen molar-refractivity contribution in [3.05, 3.63) is 23.9 Å². The molecule has 1 aromatic rings. The Morgan fingerprint density at radius 3 is 3.13 bits per heavy atom. The maximum Gasteiger partial charge on any atom is 0.218 e. The highest BCUT2D eigenvalue weighted by Crippen LogP contribution is 2.14. The van der Waals surface area contributed by atoms with Gasteiger partial charge in [0.2, 0.25) is 5.88 Å². The summed E-state index contributed by atoms with van der Waals surface area (Å²) in [5.41, 5.74) is 1.03. The summed E-state index contributed by atoms with van der Waals surface area (Å²) in [4.78, 5) is 8.57. The van der Waals surface area contributed by atoms with Crippen LogP contribution in [0.25, 0.3) is 0 Å². The van der Waals surface area contributed by atoms with Crippen LogP contribution in [-0.2, 0) is 11.3 Å². The molecule has 1 fully saturated rings. The lowest BCUT2D eigenvalue weighted by molar-refractivity contribution is 0.114. The lowest BCUT2D eigenvalue weighted by Gasteiger charge is -2.16. The second-order valence-corrected chi connectivity index (χ2v) is 5.61. The maximum absolute atomic E-state index is 5.75. The molecular weight excluding hydrogens is 292 g/mol. The predicted molar refractivity (Wildman–Crippen MR) is 91.8 cm³/mol. The highest BCUT2D eigenvalue weighted by molar-refractivity contribution is 5.79. The van der Waals surface area contributed by atoms with Crippen molar-refractivity contribution in [1.29, 1.82) is 0 Å². The molecule has 2 rings (SSSR count). The first-order valence-corrected chi connectivity index (χ1v) is 8.46. The van der Waals surface area contributed by atoms with Crippen molar-refractivity contribution in [1.82, 2.24) is 15.6 Å². The van der Waals surface area contributed by atoms with Crippen LogP contribution in [0.1, 0.15) is 38.2 Å². The van der Waals surface area contributed by atoms with E-state index in [2.05, 4.69) is 27.5 Å². The molecule has 6 heteroatoms. The van der Waals surface area contributed by atoms with Gasteiger partial charge in [0.05, 0.1) is 12.7 Å². The molecule has 0 amide bonds. The van der Waals surface area contributed by atoms with Gasteiger partial charge >= 0.3 is 0 Å². The summed E-state index contributed by atoms with van der Waals surface area (Å²) in [6, 6.07) is 3.95. The molecule has 0 aliphatic carbocycles. The van der Waals surface area contributed by atoms with E-state index in [4.69, 9.17) is 9.47 Å². The second-order valence-electron chi connectivity index (χ2n) is 5.61. The largest absolute Gasteiger partial charge is 0.477 e. The number of aliphatic imine (C=N–C) groups is 1. The van der Waals surface area contributed by atoms with Crippen LogP contribution in [-0.4, -0.2) is 43.9 Å². The van der Waals surface area contributed by atoms with E-state index in [0.29, 0.717) is 25.1 Å². The molecule has 0 bridgehead atoms. The summed E-state index contributed by atoms with van der Waals surface area (Å²) in [6.45, 7) is 5.13. The fraction of sp³-hybridized carbons (Fsp3) is 0.647. The van der Waals surface area contributed by atoms with E-state index in [1.165, 1.54) is 0 Å². The number of nitrogens with zero attached hydrogens (tertiary/aromatic N) is 2. The summed E-state index contributed by atoms with van der Waals surface area (Å²) in [5, 5.41) is 6.61. The monoisotopic (exact) mass is 320 g/mol. The van der Waals surface area contributed by atoms with Crippen molar-refractivity contribution in [3.8, 4) is 5.88 Å². The first-order valence-electron chi connectivity index (χ1n) is 8.46. The number of ether oxygens (including phenoxy) is 2. The van der Waals surface area contributed by atoms with Crippen molar-refractivity contribution in [2.45, 2.75) is 45.3 Å². The number of pyridine rings is 1. The van der Waals surface area contributed by atoms with Crippen LogP contribution in [0.2, 0.25) is 0 Å². The van der Waals surface area contributed by atoms with Gasteiger partial charge in [0.25, 0.3) is 0 Å². The zero-order valence-corrected chi connectivity index (χ0v) is 14.2. The average Bonchev–Trinajstić information content (AvgIpc) is 3.10. The van der Waals surface area contributed by atoms with Gasteiger partial charge in [0.1, 0.15) is 0 Å². The smallest absolute Gasteiger partial charge is 0.218 e. The normalized spacial score (nSPS) is 18.0. The molecule has 2 heterocycles. The van der Waals surface area contributed by atoms with Crippen LogP contribution in [0.4, 0.5) is 0 Å². The Bertz CT molecular complexity index is 487. The Morgan fingerprint density at radius 2 is 2.39 bits per heavy atom. The van der Waals surface area contributed by atoms with Gasteiger partial charge < -0.3 is 20.1 Å². The number of nitrogens with one attached hydrogen (secondary N) is 2. The van der Waals surface area contributed by atoms with Gasteiger partial charge in [-0.15, -0.1) is 0 Å². The minimum absolute atomic E-state index is 0.292. The minimum Gasteiger partial charge on any atom is -0.477 e. The van der Waals surface area contributed by atoms with Crippen molar-refractivity contribution in [3.63, 3.8) is 0 Å². The fourth-order valence-corrected chi connectivity index (χ4v) is 2.42. The van der Waals surface area contributed by atoms with Crippen LogP contribution in [0.5, 0.6) is 5.88 Å². The Morgan fingerprint density at radius 1 is 1.48 bits per heavy atom. The van der Waals surface area contributed by atoms with Crippen LogP contribution >= 0.6 is 0 Å². The van der Waals surface area contributed by atoms with Gasteiger partial charge in [0, 0.05) is 38.5 Å². The number of hydrogen-bond donors (Lipinski definition) is 2. The molecule has 0 aromatic carbocycles. The van der Waals surface area contributed by atoms with E-state index in [1.807, 2.05) is 12.1 Å². The molecule has 0 saturated carbocycles. The van der Waals surface area contributed by atoms with Crippen molar-refractivity contribution >= 4 is 5.96 Å². The molecule has 0 spiro atoms. The molecule has 6 nitrogen and oxygen atoms in total. The third-order valence-electron chi connectivity index (χ3n) is 3.78. The van der Waals surface area contributed by atoms with Crippen LogP contribution in [0.3, 0.4) is 0 Å². The predicted octanol–water partition coefficient (Wildman–Crippen LogP) is 2.10. The van der Waals surface area contributed by atoms with E-state index in [1.54, 1.807) is 13.2 Å². The van der Waals surface area contributed by atoms with E-state index >= 15 is 0 Å². The Hall–Kier alpha value is -1.82. The first kappa shape index (κ1) is 17.5. The summed E-state index contributed by atoms with van der Waals surface area (Å²) in [5.74, 6) is 1.46. The third-order valence-corrected chi connectivity index (χ3v) is 3.78. The zero-order chi connectivity index (χ0) is 16.3. The molecule has 1 saturated heterocycles. The van der Waals surface area contributed by atoms with Gasteiger partial charge in [0.15, 0.2) is 5.96 Å². The molecule has 1 aromatic heterocycles. The quantitative estimate of drug-likeness (QED) is 0.436. The lowest BCUT2D eigenvalue weighted by atomic mass is 10.2. The average molecular weight is 320 g/mol. The van der Waals surface area contributed by atoms with Crippen LogP contribution in [0.15, 0.2) is 23.3 Å². The van der Waals surface area contributed by atoms with Crippen molar-refractivity contribution in [2.75, 3.05) is 26.8 Å². The van der Waals surface area contributed by atoms with Crippen LogP contribution < -0.4 is 15.4 Å². The maximum atomic E-state index is 5.75. The molecule has 1 aliphatic rings. The SMILES string of the molecule is CCCCOc1ncccc1CNC(=NC)NCC1CCCO1.